The molecule has 0 amide bonds. The van der Waals surface area contributed by atoms with Crippen molar-refractivity contribution in [3.63, 3.8) is 0 Å². The van der Waals surface area contributed by atoms with Gasteiger partial charge in [-0.05, 0) is 25.7 Å². The molecule has 2 N–H and O–H groups in total. The second kappa shape index (κ2) is 2.48. The molecule has 13 heavy (non-hydrogen) atoms. The highest BCUT2D eigenvalue weighted by Crippen LogP contribution is 2.56. The number of hydrogen-bond donors (Lipinski definition) is 1. The first-order chi connectivity index (χ1) is 6.28. The van der Waals surface area contributed by atoms with Crippen LogP contribution in [0.4, 0.5) is 0 Å². The number of rotatable bonds is 0. The van der Waals surface area contributed by atoms with Gasteiger partial charge in [0.1, 0.15) is 0 Å². The summed E-state index contributed by atoms with van der Waals surface area (Å²) in [5, 5.41) is 0. The van der Waals surface area contributed by atoms with Gasteiger partial charge in [0.05, 0.1) is 17.2 Å². The third kappa shape index (κ3) is 0.909. The zero-order chi connectivity index (χ0) is 8.94. The van der Waals surface area contributed by atoms with Crippen LogP contribution in [0.1, 0.15) is 51.4 Å². The zero-order valence-electron chi connectivity index (χ0n) is 8.22. The van der Waals surface area contributed by atoms with Gasteiger partial charge in [0.25, 0.3) is 0 Å². The van der Waals surface area contributed by atoms with Crippen molar-refractivity contribution < 1.29 is 4.74 Å². The minimum atomic E-state index is 0.129. The SMILES string of the molecule is NC1C2(CCCC2)OC12CCCC2. The summed E-state index contributed by atoms with van der Waals surface area (Å²) in [7, 11) is 0. The van der Waals surface area contributed by atoms with E-state index in [-0.39, 0.29) is 11.2 Å². The quantitative estimate of drug-likeness (QED) is 0.620. The van der Waals surface area contributed by atoms with Crippen molar-refractivity contribution in [2.75, 3.05) is 0 Å². The van der Waals surface area contributed by atoms with E-state index in [9.17, 15) is 0 Å². The van der Waals surface area contributed by atoms with E-state index in [0.717, 1.165) is 0 Å². The number of hydrogen-bond acceptors (Lipinski definition) is 2. The molecule has 3 rings (SSSR count). The zero-order valence-corrected chi connectivity index (χ0v) is 8.22. The Bertz CT molecular complexity index is 192. The monoisotopic (exact) mass is 181 g/mol. The molecule has 0 radical (unpaired) electrons. The highest BCUT2D eigenvalue weighted by Gasteiger charge is 2.63. The fourth-order valence-electron chi connectivity index (χ4n) is 3.73. The normalized spacial score (nSPS) is 35.8. The van der Waals surface area contributed by atoms with Crippen molar-refractivity contribution in [2.45, 2.75) is 68.6 Å². The van der Waals surface area contributed by atoms with Crippen LogP contribution in [0, 0.1) is 0 Å². The summed E-state index contributed by atoms with van der Waals surface area (Å²) in [5.41, 5.74) is 6.59. The summed E-state index contributed by atoms with van der Waals surface area (Å²) in [6.07, 6.45) is 10.2. The maximum absolute atomic E-state index is 6.33. The van der Waals surface area contributed by atoms with E-state index in [1.165, 1.54) is 51.4 Å². The fraction of sp³-hybridized carbons (Fsp3) is 1.00. The van der Waals surface area contributed by atoms with Crippen molar-refractivity contribution in [3.8, 4) is 0 Å². The summed E-state index contributed by atoms with van der Waals surface area (Å²) >= 11 is 0. The van der Waals surface area contributed by atoms with Gasteiger partial charge in [-0.3, -0.25) is 0 Å². The second-order valence-electron chi connectivity index (χ2n) is 5.12. The van der Waals surface area contributed by atoms with E-state index in [1.54, 1.807) is 0 Å². The van der Waals surface area contributed by atoms with E-state index >= 15 is 0 Å². The van der Waals surface area contributed by atoms with Gasteiger partial charge in [-0.2, -0.15) is 0 Å². The molecule has 74 valence electrons. The topological polar surface area (TPSA) is 35.2 Å². The minimum Gasteiger partial charge on any atom is -0.365 e. The van der Waals surface area contributed by atoms with Crippen molar-refractivity contribution >= 4 is 0 Å². The van der Waals surface area contributed by atoms with Crippen LogP contribution >= 0.6 is 0 Å². The van der Waals surface area contributed by atoms with Crippen LogP contribution in [-0.2, 0) is 4.74 Å². The Balaban J connectivity index is 1.78. The number of nitrogens with two attached hydrogens (primary N) is 1. The van der Waals surface area contributed by atoms with Crippen LogP contribution < -0.4 is 5.73 Å². The van der Waals surface area contributed by atoms with E-state index in [1.807, 2.05) is 0 Å². The summed E-state index contributed by atoms with van der Waals surface area (Å²) < 4.78 is 6.22. The standard InChI is InChI=1S/C11H19NO/c12-9-10(5-1-2-6-10)13-11(9)7-3-4-8-11/h9H,1-8,12H2. The maximum atomic E-state index is 6.33. The molecule has 0 bridgehead atoms. The van der Waals surface area contributed by atoms with Gasteiger partial charge in [-0.25, -0.2) is 0 Å². The molecule has 0 aromatic carbocycles. The lowest BCUT2D eigenvalue weighted by Crippen LogP contribution is -2.74. The largest absolute Gasteiger partial charge is 0.365 e. The lowest BCUT2D eigenvalue weighted by atomic mass is 9.72. The second-order valence-corrected chi connectivity index (χ2v) is 5.12. The molecule has 0 aromatic rings. The molecular weight excluding hydrogens is 162 g/mol. The van der Waals surface area contributed by atoms with Gasteiger partial charge in [-0.1, -0.05) is 25.7 Å². The Kier molecular flexibility index (Phi) is 1.58. The van der Waals surface area contributed by atoms with Crippen molar-refractivity contribution in [1.29, 1.82) is 0 Å². The lowest BCUT2D eigenvalue weighted by molar-refractivity contribution is -0.283. The van der Waals surface area contributed by atoms with Crippen LogP contribution in [0.3, 0.4) is 0 Å². The minimum absolute atomic E-state index is 0.129. The van der Waals surface area contributed by atoms with Gasteiger partial charge >= 0.3 is 0 Å². The van der Waals surface area contributed by atoms with Crippen LogP contribution in [0.15, 0.2) is 0 Å². The van der Waals surface area contributed by atoms with Crippen molar-refractivity contribution in [3.05, 3.63) is 0 Å². The van der Waals surface area contributed by atoms with E-state index in [4.69, 9.17) is 10.5 Å². The highest BCUT2D eigenvalue weighted by molar-refractivity contribution is 5.16. The lowest BCUT2D eigenvalue weighted by Gasteiger charge is -2.59. The van der Waals surface area contributed by atoms with Gasteiger partial charge in [0.15, 0.2) is 0 Å². The third-order valence-electron chi connectivity index (χ3n) is 4.44. The highest BCUT2D eigenvalue weighted by atomic mass is 16.6. The molecule has 2 spiro atoms. The van der Waals surface area contributed by atoms with Gasteiger partial charge in [-0.15, -0.1) is 0 Å². The molecule has 0 atom stereocenters. The predicted molar refractivity (Wildman–Crippen MR) is 51.5 cm³/mol. The molecular formula is C11H19NO. The first kappa shape index (κ1) is 8.25. The average Bonchev–Trinajstić information content (AvgIpc) is 2.76. The van der Waals surface area contributed by atoms with E-state index in [0.29, 0.717) is 6.04 Å². The fourth-order valence-corrected chi connectivity index (χ4v) is 3.73. The molecule has 2 heteroatoms. The average molecular weight is 181 g/mol. The Hall–Kier alpha value is -0.0800. The summed E-state index contributed by atoms with van der Waals surface area (Å²) in [6, 6.07) is 0.352. The molecule has 3 aliphatic rings. The third-order valence-corrected chi connectivity index (χ3v) is 4.44. The van der Waals surface area contributed by atoms with Crippen LogP contribution in [0.5, 0.6) is 0 Å². The van der Waals surface area contributed by atoms with Crippen LogP contribution in [0.25, 0.3) is 0 Å². The Morgan fingerprint density at radius 1 is 0.846 bits per heavy atom. The molecule has 2 aliphatic carbocycles. The Morgan fingerprint density at radius 2 is 1.23 bits per heavy atom. The maximum Gasteiger partial charge on any atom is 0.0869 e. The van der Waals surface area contributed by atoms with Gasteiger partial charge in [0, 0.05) is 0 Å². The summed E-state index contributed by atoms with van der Waals surface area (Å²) in [6.45, 7) is 0. The number of ether oxygens (including phenoxy) is 1. The molecule has 0 aromatic heterocycles. The summed E-state index contributed by atoms with van der Waals surface area (Å²) in [5.74, 6) is 0. The van der Waals surface area contributed by atoms with E-state index < -0.39 is 0 Å². The van der Waals surface area contributed by atoms with Crippen LogP contribution in [0.2, 0.25) is 0 Å². The van der Waals surface area contributed by atoms with Crippen molar-refractivity contribution in [2.24, 2.45) is 5.73 Å². The first-order valence-corrected chi connectivity index (χ1v) is 5.73. The van der Waals surface area contributed by atoms with Crippen LogP contribution in [-0.4, -0.2) is 17.2 Å². The van der Waals surface area contributed by atoms with Gasteiger partial charge in [0.2, 0.25) is 0 Å². The molecule has 3 fully saturated rings. The van der Waals surface area contributed by atoms with Gasteiger partial charge < -0.3 is 10.5 Å². The molecule has 2 nitrogen and oxygen atoms in total. The summed E-state index contributed by atoms with van der Waals surface area (Å²) in [4.78, 5) is 0. The molecule has 0 unspecified atom stereocenters. The molecule has 1 saturated heterocycles. The Labute approximate surface area is 79.8 Å². The Morgan fingerprint density at radius 3 is 1.54 bits per heavy atom. The van der Waals surface area contributed by atoms with Crippen molar-refractivity contribution in [1.82, 2.24) is 0 Å². The first-order valence-electron chi connectivity index (χ1n) is 5.73. The predicted octanol–water partition coefficient (Wildman–Crippen LogP) is 1.97. The molecule has 1 aliphatic heterocycles. The van der Waals surface area contributed by atoms with E-state index in [2.05, 4.69) is 0 Å². The molecule has 2 saturated carbocycles. The smallest absolute Gasteiger partial charge is 0.0869 e. The molecule has 1 heterocycles.